The van der Waals surface area contributed by atoms with E-state index in [9.17, 15) is 8.78 Å². The van der Waals surface area contributed by atoms with Crippen LogP contribution in [-0.4, -0.2) is 5.92 Å². The maximum atomic E-state index is 13.7. The van der Waals surface area contributed by atoms with E-state index in [1.165, 1.54) is 35.1 Å². The Labute approximate surface area is 153 Å². The smallest absolute Gasteiger partial charge is 0.207 e. The molecule has 0 spiro atoms. The van der Waals surface area contributed by atoms with E-state index < -0.39 is 11.8 Å². The molecule has 140 valence electrons. The Balaban J connectivity index is 3.25. The van der Waals surface area contributed by atoms with Crippen molar-refractivity contribution in [2.45, 2.75) is 80.1 Å². The lowest BCUT2D eigenvalue weighted by Crippen LogP contribution is -2.22. The second kappa shape index (κ2) is 9.31. The zero-order chi connectivity index (χ0) is 19.2. The average molecular weight is 349 g/mol. The molecule has 0 aliphatic heterocycles. The van der Waals surface area contributed by atoms with Gasteiger partial charge in [-0.3, -0.25) is 0 Å². The third kappa shape index (κ3) is 6.76. The molecule has 1 aliphatic carbocycles. The third-order valence-corrected chi connectivity index (χ3v) is 5.27. The van der Waals surface area contributed by atoms with Crippen LogP contribution < -0.4 is 0 Å². The van der Waals surface area contributed by atoms with Crippen LogP contribution in [0.5, 0.6) is 0 Å². The number of halogens is 2. The predicted molar refractivity (Wildman–Crippen MR) is 106 cm³/mol. The van der Waals surface area contributed by atoms with E-state index in [4.69, 9.17) is 0 Å². The Morgan fingerprint density at radius 2 is 1.72 bits per heavy atom. The molecule has 0 aromatic heterocycles. The van der Waals surface area contributed by atoms with Crippen molar-refractivity contribution in [3.63, 3.8) is 0 Å². The molecule has 25 heavy (non-hydrogen) atoms. The molecule has 0 nitrogen and oxygen atoms in total. The minimum absolute atomic E-state index is 0.382. The van der Waals surface area contributed by atoms with Gasteiger partial charge in [0.25, 0.3) is 0 Å². The van der Waals surface area contributed by atoms with Gasteiger partial charge in [-0.25, -0.2) is 8.78 Å². The SMILES string of the molecule is CC=C\C=C(CC(C)C(C)(F)F)/C(C)=C(C)/C(C)=C(/C=C1CC1)CC. The normalized spacial score (nSPS) is 18.9. The van der Waals surface area contributed by atoms with Crippen LogP contribution in [-0.2, 0) is 0 Å². The largest absolute Gasteiger partial charge is 0.248 e. The van der Waals surface area contributed by atoms with Crippen molar-refractivity contribution in [1.29, 1.82) is 0 Å². The molecular formula is C23H34F2. The topological polar surface area (TPSA) is 0 Å². The van der Waals surface area contributed by atoms with Crippen LogP contribution in [0.25, 0.3) is 0 Å². The second-order valence-corrected chi connectivity index (χ2v) is 7.34. The van der Waals surface area contributed by atoms with Crippen LogP contribution in [0.1, 0.15) is 74.1 Å². The summed E-state index contributed by atoms with van der Waals surface area (Å²) in [5.74, 6) is -3.35. The fraction of sp³-hybridized carbons (Fsp3) is 0.565. The quantitative estimate of drug-likeness (QED) is 0.390. The van der Waals surface area contributed by atoms with Gasteiger partial charge in [-0.1, -0.05) is 43.7 Å². The highest BCUT2D eigenvalue weighted by atomic mass is 19.3. The molecule has 0 aromatic rings. The van der Waals surface area contributed by atoms with Crippen molar-refractivity contribution in [2.75, 3.05) is 0 Å². The van der Waals surface area contributed by atoms with Gasteiger partial charge >= 0.3 is 0 Å². The van der Waals surface area contributed by atoms with Crippen molar-refractivity contribution in [3.05, 3.63) is 57.7 Å². The van der Waals surface area contributed by atoms with Gasteiger partial charge in [-0.05, 0) is 88.2 Å². The Kier molecular flexibility index (Phi) is 8.05. The van der Waals surface area contributed by atoms with Gasteiger partial charge in [-0.2, -0.15) is 0 Å². The molecule has 0 saturated heterocycles. The minimum atomic E-state index is -2.67. The van der Waals surface area contributed by atoms with Crippen LogP contribution in [0.4, 0.5) is 8.78 Å². The molecule has 0 heterocycles. The standard InChI is InChI=1S/C23H34F2/c1-8-10-11-22(14-16(3)23(7,24)25)19(6)17(4)18(5)21(9-2)15-20-12-13-20/h8,10-11,15-16H,9,12-14H2,1-7H3/b10-8?,19-17+,21-18+,22-11-. The van der Waals surface area contributed by atoms with Gasteiger partial charge < -0.3 is 0 Å². The van der Waals surface area contributed by atoms with Gasteiger partial charge in [0.1, 0.15) is 0 Å². The Morgan fingerprint density at radius 1 is 1.12 bits per heavy atom. The van der Waals surface area contributed by atoms with Gasteiger partial charge in [-0.15, -0.1) is 0 Å². The summed E-state index contributed by atoms with van der Waals surface area (Å²) in [5.41, 5.74) is 7.48. The molecule has 1 atom stereocenters. The third-order valence-electron chi connectivity index (χ3n) is 5.27. The summed E-state index contributed by atoms with van der Waals surface area (Å²) < 4.78 is 27.4. The maximum Gasteiger partial charge on any atom is 0.248 e. The fourth-order valence-corrected chi connectivity index (χ4v) is 2.77. The highest BCUT2D eigenvalue weighted by Crippen LogP contribution is 2.35. The predicted octanol–water partition coefficient (Wildman–Crippen LogP) is 7.95. The molecule has 0 bridgehead atoms. The highest BCUT2D eigenvalue weighted by Gasteiger charge is 2.30. The first-order valence-corrected chi connectivity index (χ1v) is 9.38. The summed E-state index contributed by atoms with van der Waals surface area (Å²) in [6, 6.07) is 0. The van der Waals surface area contributed by atoms with Gasteiger partial charge in [0.2, 0.25) is 5.92 Å². The minimum Gasteiger partial charge on any atom is -0.207 e. The molecule has 1 rings (SSSR count). The summed E-state index contributed by atoms with van der Waals surface area (Å²) in [7, 11) is 0. The molecule has 0 N–H and O–H groups in total. The summed E-state index contributed by atoms with van der Waals surface area (Å²) in [5, 5.41) is 0. The Hall–Kier alpha value is -1.44. The van der Waals surface area contributed by atoms with Crippen LogP contribution >= 0.6 is 0 Å². The Bertz CT molecular complexity index is 613. The zero-order valence-electron chi connectivity index (χ0n) is 17.0. The molecule has 0 amide bonds. The van der Waals surface area contributed by atoms with E-state index in [0.29, 0.717) is 6.42 Å². The lowest BCUT2D eigenvalue weighted by molar-refractivity contribution is -0.0318. The average Bonchev–Trinajstić information content (AvgIpc) is 3.37. The molecule has 1 unspecified atom stereocenters. The van der Waals surface area contributed by atoms with Crippen LogP contribution in [0.3, 0.4) is 0 Å². The van der Waals surface area contributed by atoms with Crippen LogP contribution in [0.2, 0.25) is 0 Å². The first kappa shape index (κ1) is 21.6. The monoisotopic (exact) mass is 348 g/mol. The van der Waals surface area contributed by atoms with Crippen molar-refractivity contribution < 1.29 is 8.78 Å². The van der Waals surface area contributed by atoms with Crippen molar-refractivity contribution >= 4 is 0 Å². The van der Waals surface area contributed by atoms with Crippen molar-refractivity contribution in [3.8, 4) is 0 Å². The fourth-order valence-electron chi connectivity index (χ4n) is 2.77. The molecule has 0 radical (unpaired) electrons. The van der Waals surface area contributed by atoms with Gasteiger partial charge in [0, 0.05) is 5.92 Å². The van der Waals surface area contributed by atoms with Crippen molar-refractivity contribution in [1.82, 2.24) is 0 Å². The molecule has 1 aliphatic rings. The van der Waals surface area contributed by atoms with E-state index in [1.54, 1.807) is 6.92 Å². The lowest BCUT2D eigenvalue weighted by atomic mass is 9.87. The lowest BCUT2D eigenvalue weighted by Gasteiger charge is -2.22. The Morgan fingerprint density at radius 3 is 2.16 bits per heavy atom. The van der Waals surface area contributed by atoms with Crippen molar-refractivity contribution in [2.24, 2.45) is 5.92 Å². The van der Waals surface area contributed by atoms with Crippen LogP contribution in [0.15, 0.2) is 57.7 Å². The first-order chi connectivity index (χ1) is 11.6. The summed E-state index contributed by atoms with van der Waals surface area (Å²) in [6.07, 6.45) is 12.0. The number of allylic oxidation sites excluding steroid dienone is 10. The number of hydrogen-bond donors (Lipinski definition) is 0. The molecule has 1 saturated carbocycles. The van der Waals surface area contributed by atoms with E-state index in [1.807, 2.05) is 25.2 Å². The maximum absolute atomic E-state index is 13.7. The molecule has 1 fully saturated rings. The van der Waals surface area contributed by atoms with Crippen LogP contribution in [0, 0.1) is 5.92 Å². The van der Waals surface area contributed by atoms with E-state index in [0.717, 1.165) is 24.5 Å². The number of hydrogen-bond acceptors (Lipinski definition) is 0. The summed E-state index contributed by atoms with van der Waals surface area (Å²) >= 11 is 0. The van der Waals surface area contributed by atoms with E-state index in [-0.39, 0.29) is 0 Å². The summed E-state index contributed by atoms with van der Waals surface area (Å²) in [6.45, 7) is 13.1. The highest BCUT2D eigenvalue weighted by molar-refractivity contribution is 5.48. The van der Waals surface area contributed by atoms with E-state index >= 15 is 0 Å². The molecule has 0 aromatic carbocycles. The number of rotatable bonds is 8. The molecular weight excluding hydrogens is 314 g/mol. The van der Waals surface area contributed by atoms with Gasteiger partial charge in [0.05, 0.1) is 0 Å². The molecule has 2 heteroatoms. The van der Waals surface area contributed by atoms with Gasteiger partial charge in [0.15, 0.2) is 0 Å². The summed E-state index contributed by atoms with van der Waals surface area (Å²) in [4.78, 5) is 0. The van der Waals surface area contributed by atoms with E-state index in [2.05, 4.69) is 33.8 Å². The zero-order valence-corrected chi connectivity index (χ0v) is 17.0. The number of alkyl halides is 2. The first-order valence-electron chi connectivity index (χ1n) is 9.38. The second-order valence-electron chi connectivity index (χ2n) is 7.34.